The lowest BCUT2D eigenvalue weighted by Gasteiger charge is -2.31. The van der Waals surface area contributed by atoms with Gasteiger partial charge >= 0.3 is 5.92 Å². The van der Waals surface area contributed by atoms with Gasteiger partial charge in [0.1, 0.15) is 6.04 Å². The smallest absolute Gasteiger partial charge is 0.296 e. The number of alkyl halides is 2. The summed E-state index contributed by atoms with van der Waals surface area (Å²) in [6.45, 7) is 0.800. The van der Waals surface area contributed by atoms with E-state index in [0.717, 1.165) is 6.92 Å². The Bertz CT molecular complexity index is 1070. The van der Waals surface area contributed by atoms with Crippen LogP contribution in [0.1, 0.15) is 24.1 Å². The first kappa shape index (κ1) is 21.6. The van der Waals surface area contributed by atoms with Crippen molar-refractivity contribution in [2.24, 2.45) is 0 Å². The van der Waals surface area contributed by atoms with Crippen LogP contribution in [0.25, 0.3) is 0 Å². The van der Waals surface area contributed by atoms with E-state index in [-0.39, 0.29) is 11.1 Å². The number of benzene rings is 3. The summed E-state index contributed by atoms with van der Waals surface area (Å²) >= 11 is 0. The number of carbonyl (C=O) groups is 1. The summed E-state index contributed by atoms with van der Waals surface area (Å²) in [6.07, 6.45) is 0. The highest BCUT2D eigenvalue weighted by atomic mass is 31.2. The van der Waals surface area contributed by atoms with E-state index in [4.69, 9.17) is 5.26 Å². The van der Waals surface area contributed by atoms with E-state index >= 15 is 8.78 Å². The number of nitriles is 1. The zero-order valence-electron chi connectivity index (χ0n) is 16.1. The van der Waals surface area contributed by atoms with Gasteiger partial charge in [-0.2, -0.15) is 14.0 Å². The van der Waals surface area contributed by atoms with Gasteiger partial charge in [0.25, 0.3) is 0 Å². The van der Waals surface area contributed by atoms with Crippen molar-refractivity contribution in [1.29, 1.82) is 5.26 Å². The maximum absolute atomic E-state index is 15.0. The van der Waals surface area contributed by atoms with Crippen LogP contribution < -0.4 is 15.7 Å². The molecule has 3 rings (SSSR count). The molecule has 0 saturated carbocycles. The summed E-state index contributed by atoms with van der Waals surface area (Å²) in [7, 11) is -3.75. The fraction of sp³-hybridized carbons (Fsp3) is 0.130. The van der Waals surface area contributed by atoms with Crippen molar-refractivity contribution in [3.8, 4) is 6.07 Å². The number of ketones is 1. The Morgan fingerprint density at radius 2 is 1.40 bits per heavy atom. The highest BCUT2D eigenvalue weighted by Gasteiger charge is 2.48. The van der Waals surface area contributed by atoms with Crippen molar-refractivity contribution >= 4 is 23.7 Å². The third-order valence-corrected chi connectivity index (χ3v) is 7.43. The van der Waals surface area contributed by atoms with Gasteiger partial charge in [0.05, 0.1) is 11.6 Å². The molecule has 1 N–H and O–H groups in total. The van der Waals surface area contributed by atoms with Crippen LogP contribution >= 0.6 is 7.29 Å². The van der Waals surface area contributed by atoms with Gasteiger partial charge in [-0.1, -0.05) is 48.5 Å². The number of Topliss-reactive ketones (excluding diaryl/α,β-unsaturated/α-hetero) is 1. The Labute approximate surface area is 173 Å². The number of nitrogens with zero attached hydrogens (tertiary/aromatic N) is 1. The Hall–Kier alpha value is -3.13. The molecule has 0 radical (unpaired) electrons. The lowest BCUT2D eigenvalue weighted by atomic mass is 9.98. The molecular weight excluding hydrogens is 405 g/mol. The maximum atomic E-state index is 15.0. The Morgan fingerprint density at radius 1 is 0.933 bits per heavy atom. The molecule has 0 bridgehead atoms. The van der Waals surface area contributed by atoms with Gasteiger partial charge in [-0.25, -0.2) is 5.09 Å². The first-order chi connectivity index (χ1) is 14.3. The molecule has 0 fully saturated rings. The monoisotopic (exact) mass is 424 g/mol. The summed E-state index contributed by atoms with van der Waals surface area (Å²) in [4.78, 5) is 11.8. The summed E-state index contributed by atoms with van der Waals surface area (Å²) in [6, 6.07) is 22.1. The molecule has 0 saturated heterocycles. The molecule has 0 amide bonds. The standard InChI is InChI=1S/C23H19F2N2O2P/c1-17(28)23(24,25)22(19-14-12-18(16-26)13-15-19)27-30(29,20-8-4-2-5-9-20)21-10-6-3-7-11-21/h2-15,22H,1H3,(H,27,29). The van der Waals surface area contributed by atoms with E-state index in [0.29, 0.717) is 10.6 Å². The van der Waals surface area contributed by atoms with Gasteiger partial charge in [-0.05, 0) is 42.0 Å². The largest absolute Gasteiger partial charge is 0.324 e. The minimum Gasteiger partial charge on any atom is -0.296 e. The molecule has 7 heteroatoms. The van der Waals surface area contributed by atoms with Gasteiger partial charge < -0.3 is 0 Å². The molecular formula is C23H19F2N2O2P. The van der Waals surface area contributed by atoms with Crippen molar-refractivity contribution in [1.82, 2.24) is 5.09 Å². The fourth-order valence-electron chi connectivity index (χ4n) is 3.07. The van der Waals surface area contributed by atoms with Gasteiger partial charge in [-0.3, -0.25) is 9.36 Å². The molecule has 0 aliphatic carbocycles. The topological polar surface area (TPSA) is 70.0 Å². The highest BCUT2D eigenvalue weighted by molar-refractivity contribution is 7.76. The van der Waals surface area contributed by atoms with Crippen LogP contribution in [0.15, 0.2) is 84.9 Å². The van der Waals surface area contributed by atoms with E-state index in [1.54, 1.807) is 60.7 Å². The average molecular weight is 424 g/mol. The highest BCUT2D eigenvalue weighted by Crippen LogP contribution is 2.45. The van der Waals surface area contributed by atoms with Crippen LogP contribution in [0, 0.1) is 11.3 Å². The second kappa shape index (κ2) is 8.71. The van der Waals surface area contributed by atoms with Crippen LogP contribution in [-0.2, 0) is 9.36 Å². The SMILES string of the molecule is CC(=O)C(F)(F)C(NP(=O)(c1ccccc1)c1ccccc1)c1ccc(C#N)cc1. The lowest BCUT2D eigenvalue weighted by Crippen LogP contribution is -2.44. The van der Waals surface area contributed by atoms with Crippen LogP contribution in [-0.4, -0.2) is 11.7 Å². The normalized spacial score (nSPS) is 12.7. The third-order valence-electron chi connectivity index (χ3n) is 4.76. The second-order valence-corrected chi connectivity index (χ2v) is 9.26. The van der Waals surface area contributed by atoms with Gasteiger partial charge in [0, 0.05) is 17.5 Å². The predicted molar refractivity (Wildman–Crippen MR) is 112 cm³/mol. The minimum absolute atomic E-state index is 0.0567. The van der Waals surface area contributed by atoms with Crippen LogP contribution in [0.5, 0.6) is 0 Å². The Kier molecular flexibility index (Phi) is 6.26. The van der Waals surface area contributed by atoms with E-state index in [2.05, 4.69) is 5.09 Å². The molecule has 0 spiro atoms. The summed E-state index contributed by atoms with van der Waals surface area (Å²) in [5.41, 5.74) is 0.347. The van der Waals surface area contributed by atoms with Crippen LogP contribution in [0.2, 0.25) is 0 Å². The molecule has 30 heavy (non-hydrogen) atoms. The summed E-state index contributed by atoms with van der Waals surface area (Å²) < 4.78 is 44.3. The van der Waals surface area contributed by atoms with Crippen LogP contribution in [0.4, 0.5) is 8.78 Å². The molecule has 3 aromatic carbocycles. The zero-order chi connectivity index (χ0) is 21.8. The quantitative estimate of drug-likeness (QED) is 0.573. The fourth-order valence-corrected chi connectivity index (χ4v) is 5.53. The van der Waals surface area contributed by atoms with Crippen molar-refractivity contribution in [2.45, 2.75) is 18.9 Å². The van der Waals surface area contributed by atoms with E-state index in [1.807, 2.05) is 6.07 Å². The molecule has 152 valence electrons. The molecule has 1 unspecified atom stereocenters. The van der Waals surface area contributed by atoms with Crippen molar-refractivity contribution in [3.63, 3.8) is 0 Å². The zero-order valence-corrected chi connectivity index (χ0v) is 17.0. The van der Waals surface area contributed by atoms with Crippen LogP contribution in [0.3, 0.4) is 0 Å². The number of rotatable bonds is 7. The van der Waals surface area contributed by atoms with Crippen molar-refractivity contribution < 1.29 is 18.1 Å². The molecule has 1 atom stereocenters. The van der Waals surface area contributed by atoms with E-state index in [1.165, 1.54) is 24.3 Å². The third kappa shape index (κ3) is 4.23. The van der Waals surface area contributed by atoms with Gasteiger partial charge in [-0.15, -0.1) is 0 Å². The number of hydrogen-bond donors (Lipinski definition) is 1. The predicted octanol–water partition coefficient (Wildman–Crippen LogP) is 4.34. The maximum Gasteiger partial charge on any atom is 0.324 e. The number of halogens is 2. The summed E-state index contributed by atoms with van der Waals surface area (Å²) in [5.74, 6) is -5.18. The first-order valence-electron chi connectivity index (χ1n) is 9.17. The second-order valence-electron chi connectivity index (χ2n) is 6.76. The van der Waals surface area contributed by atoms with E-state index < -0.39 is 25.0 Å². The average Bonchev–Trinajstić information content (AvgIpc) is 2.78. The molecule has 0 heterocycles. The number of carbonyl (C=O) groups excluding carboxylic acids is 1. The van der Waals surface area contributed by atoms with Gasteiger partial charge in [0.2, 0.25) is 13.1 Å². The molecule has 0 aliphatic rings. The van der Waals surface area contributed by atoms with Crippen molar-refractivity contribution in [3.05, 3.63) is 96.1 Å². The Morgan fingerprint density at radius 3 is 1.80 bits per heavy atom. The molecule has 0 aromatic heterocycles. The van der Waals surface area contributed by atoms with E-state index in [9.17, 15) is 9.36 Å². The first-order valence-corrected chi connectivity index (χ1v) is 10.9. The Balaban J connectivity index is 2.17. The molecule has 0 aliphatic heterocycles. The molecule has 4 nitrogen and oxygen atoms in total. The lowest BCUT2D eigenvalue weighted by molar-refractivity contribution is -0.144. The molecule has 3 aromatic rings. The number of hydrogen-bond acceptors (Lipinski definition) is 3. The summed E-state index contributed by atoms with van der Waals surface area (Å²) in [5, 5.41) is 12.3. The minimum atomic E-state index is -3.83. The van der Waals surface area contributed by atoms with Gasteiger partial charge in [0.15, 0.2) is 0 Å². The van der Waals surface area contributed by atoms with Crippen molar-refractivity contribution in [2.75, 3.05) is 0 Å². The number of nitrogens with one attached hydrogen (secondary N) is 1.